The van der Waals surface area contributed by atoms with Gasteiger partial charge in [-0.1, -0.05) is 11.6 Å². The Morgan fingerprint density at radius 3 is 2.78 bits per heavy atom. The lowest BCUT2D eigenvalue weighted by Gasteiger charge is -1.98. The normalized spacial score (nSPS) is 11.0. The van der Waals surface area contributed by atoms with Crippen LogP contribution in [0.2, 0.25) is 5.02 Å². The van der Waals surface area contributed by atoms with Gasteiger partial charge in [-0.15, -0.1) is 0 Å². The molecule has 0 aliphatic heterocycles. The molecule has 0 radical (unpaired) electrons. The molecular weight excluding hydrogens is 257 g/mol. The first-order chi connectivity index (χ1) is 8.56. The Hall–Kier alpha value is -2.07. The summed E-state index contributed by atoms with van der Waals surface area (Å²) >= 11 is 5.68. The summed E-state index contributed by atoms with van der Waals surface area (Å²) in [6.07, 6.45) is 2.65. The second-order valence-corrected chi connectivity index (χ2v) is 3.97. The van der Waals surface area contributed by atoms with Crippen molar-refractivity contribution in [3.8, 4) is 11.3 Å². The van der Waals surface area contributed by atoms with Crippen LogP contribution in [0.1, 0.15) is 5.76 Å². The predicted molar refractivity (Wildman–Crippen MR) is 67.3 cm³/mol. The molecule has 2 aromatic rings. The molecule has 0 aliphatic carbocycles. The Kier molecular flexibility index (Phi) is 3.48. The topological polar surface area (TPSA) is 56.2 Å². The SMILES string of the molecule is NC(=O)/C=C\c1ccc(-c2ccc(F)c(Cl)c2)o1. The average Bonchev–Trinajstić information content (AvgIpc) is 2.79. The van der Waals surface area contributed by atoms with E-state index in [1.807, 2.05) is 0 Å². The van der Waals surface area contributed by atoms with E-state index in [0.717, 1.165) is 0 Å². The first-order valence-electron chi connectivity index (χ1n) is 5.09. The zero-order chi connectivity index (χ0) is 13.1. The standard InChI is InChI=1S/C13H9ClFNO2/c14-10-7-8(1-4-11(10)15)12-5-2-9(18-12)3-6-13(16)17/h1-7H,(H2,16,17)/b6-3-. The van der Waals surface area contributed by atoms with Crippen molar-refractivity contribution in [2.24, 2.45) is 5.73 Å². The lowest BCUT2D eigenvalue weighted by molar-refractivity contribution is -0.113. The molecule has 1 amide bonds. The second-order valence-electron chi connectivity index (χ2n) is 3.57. The van der Waals surface area contributed by atoms with E-state index in [4.69, 9.17) is 21.8 Å². The third kappa shape index (κ3) is 2.78. The van der Waals surface area contributed by atoms with Crippen LogP contribution >= 0.6 is 11.6 Å². The fraction of sp³-hybridized carbons (Fsp3) is 0. The molecule has 2 rings (SSSR count). The quantitative estimate of drug-likeness (QED) is 0.866. The first kappa shape index (κ1) is 12.4. The highest BCUT2D eigenvalue weighted by molar-refractivity contribution is 6.31. The molecule has 1 heterocycles. The third-order valence-corrected chi connectivity index (χ3v) is 2.53. The monoisotopic (exact) mass is 265 g/mol. The van der Waals surface area contributed by atoms with Gasteiger partial charge in [0.05, 0.1) is 5.02 Å². The van der Waals surface area contributed by atoms with E-state index in [9.17, 15) is 9.18 Å². The number of benzene rings is 1. The summed E-state index contributed by atoms with van der Waals surface area (Å²) in [5, 5.41) is 0.0260. The third-order valence-electron chi connectivity index (χ3n) is 2.24. The average molecular weight is 266 g/mol. The highest BCUT2D eigenvalue weighted by Crippen LogP contribution is 2.26. The molecule has 0 bridgehead atoms. The van der Waals surface area contributed by atoms with E-state index >= 15 is 0 Å². The van der Waals surface area contributed by atoms with Gasteiger partial charge >= 0.3 is 0 Å². The summed E-state index contributed by atoms with van der Waals surface area (Å²) in [6, 6.07) is 7.66. The molecule has 1 aromatic heterocycles. The van der Waals surface area contributed by atoms with E-state index < -0.39 is 11.7 Å². The Bertz CT molecular complexity index is 619. The van der Waals surface area contributed by atoms with Crippen molar-refractivity contribution in [3.63, 3.8) is 0 Å². The Morgan fingerprint density at radius 1 is 1.33 bits per heavy atom. The Balaban J connectivity index is 2.29. The number of rotatable bonds is 3. The largest absolute Gasteiger partial charge is 0.457 e. The molecule has 0 spiro atoms. The lowest BCUT2D eigenvalue weighted by Crippen LogP contribution is -2.04. The van der Waals surface area contributed by atoms with Gasteiger partial charge in [0.2, 0.25) is 5.91 Å². The van der Waals surface area contributed by atoms with Crippen LogP contribution < -0.4 is 5.73 Å². The molecular formula is C13H9ClFNO2. The minimum Gasteiger partial charge on any atom is -0.457 e. The zero-order valence-electron chi connectivity index (χ0n) is 9.19. The lowest BCUT2D eigenvalue weighted by atomic mass is 10.2. The van der Waals surface area contributed by atoms with Gasteiger partial charge in [-0.05, 0) is 36.4 Å². The minimum atomic E-state index is -0.558. The minimum absolute atomic E-state index is 0.0260. The number of primary amides is 1. The molecule has 18 heavy (non-hydrogen) atoms. The van der Waals surface area contributed by atoms with Gasteiger partial charge in [-0.25, -0.2) is 4.39 Å². The number of carbonyl (C=O) groups is 1. The summed E-state index contributed by atoms with van der Waals surface area (Å²) in [7, 11) is 0. The molecule has 0 unspecified atom stereocenters. The van der Waals surface area contributed by atoms with Crippen LogP contribution in [-0.2, 0) is 4.79 Å². The van der Waals surface area contributed by atoms with Crippen molar-refractivity contribution < 1.29 is 13.6 Å². The summed E-state index contributed by atoms with van der Waals surface area (Å²) in [4.78, 5) is 10.6. The smallest absolute Gasteiger partial charge is 0.241 e. The van der Waals surface area contributed by atoms with E-state index in [2.05, 4.69) is 0 Å². The molecule has 0 saturated heterocycles. The Labute approximate surface area is 108 Å². The van der Waals surface area contributed by atoms with Crippen molar-refractivity contribution in [1.82, 2.24) is 0 Å². The van der Waals surface area contributed by atoms with Crippen LogP contribution in [0.5, 0.6) is 0 Å². The number of hydrogen-bond donors (Lipinski definition) is 1. The molecule has 0 fully saturated rings. The maximum absolute atomic E-state index is 13.0. The highest BCUT2D eigenvalue weighted by Gasteiger charge is 2.06. The maximum Gasteiger partial charge on any atom is 0.241 e. The molecule has 3 nitrogen and oxygen atoms in total. The molecule has 0 aliphatic rings. The number of nitrogens with two attached hydrogens (primary N) is 1. The summed E-state index contributed by atoms with van der Waals surface area (Å²) in [6.45, 7) is 0. The number of halogens is 2. The predicted octanol–water partition coefficient (Wildman–Crippen LogP) is 3.24. The van der Waals surface area contributed by atoms with E-state index in [0.29, 0.717) is 17.1 Å². The molecule has 0 atom stereocenters. The van der Waals surface area contributed by atoms with Crippen LogP contribution in [0, 0.1) is 5.82 Å². The van der Waals surface area contributed by atoms with Crippen molar-refractivity contribution in [2.75, 3.05) is 0 Å². The van der Waals surface area contributed by atoms with E-state index in [1.165, 1.54) is 24.3 Å². The fourth-order valence-electron chi connectivity index (χ4n) is 1.41. The fourth-order valence-corrected chi connectivity index (χ4v) is 1.59. The number of hydrogen-bond acceptors (Lipinski definition) is 2. The number of furan rings is 1. The number of carbonyl (C=O) groups excluding carboxylic acids is 1. The van der Waals surface area contributed by atoms with Gasteiger partial charge in [0.15, 0.2) is 0 Å². The van der Waals surface area contributed by atoms with Gasteiger partial charge in [0.1, 0.15) is 17.3 Å². The van der Waals surface area contributed by atoms with Crippen LogP contribution in [0.3, 0.4) is 0 Å². The van der Waals surface area contributed by atoms with Gasteiger partial charge < -0.3 is 10.2 Å². The van der Waals surface area contributed by atoms with Crippen LogP contribution in [0.15, 0.2) is 40.8 Å². The van der Waals surface area contributed by atoms with Crippen molar-refractivity contribution in [3.05, 3.63) is 53.0 Å². The molecule has 1 aromatic carbocycles. The molecule has 0 saturated carbocycles. The summed E-state index contributed by atoms with van der Waals surface area (Å²) in [5.41, 5.74) is 5.62. The van der Waals surface area contributed by atoms with E-state index in [1.54, 1.807) is 18.2 Å². The van der Waals surface area contributed by atoms with Crippen LogP contribution in [0.25, 0.3) is 17.4 Å². The van der Waals surface area contributed by atoms with Crippen LogP contribution in [0.4, 0.5) is 4.39 Å². The zero-order valence-corrected chi connectivity index (χ0v) is 9.95. The van der Waals surface area contributed by atoms with Crippen molar-refractivity contribution in [2.45, 2.75) is 0 Å². The van der Waals surface area contributed by atoms with Gasteiger partial charge in [-0.2, -0.15) is 0 Å². The van der Waals surface area contributed by atoms with Gasteiger partial charge in [0, 0.05) is 11.6 Å². The van der Waals surface area contributed by atoms with Crippen LogP contribution in [-0.4, -0.2) is 5.91 Å². The van der Waals surface area contributed by atoms with E-state index in [-0.39, 0.29) is 5.02 Å². The highest BCUT2D eigenvalue weighted by atomic mass is 35.5. The number of amides is 1. The van der Waals surface area contributed by atoms with Crippen molar-refractivity contribution in [1.29, 1.82) is 0 Å². The summed E-state index contributed by atoms with van der Waals surface area (Å²) in [5.74, 6) is -0.0381. The molecule has 92 valence electrons. The van der Waals surface area contributed by atoms with Crippen molar-refractivity contribution >= 4 is 23.6 Å². The Morgan fingerprint density at radius 2 is 2.11 bits per heavy atom. The molecule has 5 heteroatoms. The second kappa shape index (κ2) is 5.06. The molecule has 2 N–H and O–H groups in total. The maximum atomic E-state index is 13.0. The summed E-state index contributed by atoms with van der Waals surface area (Å²) < 4.78 is 18.4. The van der Waals surface area contributed by atoms with Gasteiger partial charge in [0.25, 0.3) is 0 Å². The first-order valence-corrected chi connectivity index (χ1v) is 5.47. The van der Waals surface area contributed by atoms with Gasteiger partial charge in [-0.3, -0.25) is 4.79 Å².